The van der Waals surface area contributed by atoms with Crippen LogP contribution >= 0.6 is 0 Å². The van der Waals surface area contributed by atoms with Crippen molar-refractivity contribution >= 4 is 0 Å². The molecular weight excluding hydrogens is 124 g/mol. The molecule has 0 aromatic heterocycles. The van der Waals surface area contributed by atoms with E-state index < -0.39 is 0 Å². The lowest BCUT2D eigenvalue weighted by Gasteiger charge is -2.09. The van der Waals surface area contributed by atoms with Crippen molar-refractivity contribution in [3.8, 4) is 0 Å². The minimum atomic E-state index is 0.420. The van der Waals surface area contributed by atoms with Gasteiger partial charge in [-0.1, -0.05) is 13.0 Å². The van der Waals surface area contributed by atoms with E-state index >= 15 is 0 Å². The zero-order valence-corrected chi connectivity index (χ0v) is 6.54. The van der Waals surface area contributed by atoms with E-state index in [1.807, 2.05) is 0 Å². The first-order valence-corrected chi connectivity index (χ1v) is 3.81. The van der Waals surface area contributed by atoms with Gasteiger partial charge in [0.2, 0.25) is 0 Å². The van der Waals surface area contributed by atoms with Gasteiger partial charge in [0.05, 0.1) is 0 Å². The first-order valence-electron chi connectivity index (χ1n) is 3.81. The second kappa shape index (κ2) is 1.56. The Kier molecular flexibility index (Phi) is 0.972. The molecule has 2 N–H and O–H groups in total. The molecule has 1 saturated carbocycles. The highest BCUT2D eigenvalue weighted by Crippen LogP contribution is 2.58. The summed E-state index contributed by atoms with van der Waals surface area (Å²) in [6.07, 6.45) is 4.45. The number of fused-ring (bicyclic) bond motifs is 1. The van der Waals surface area contributed by atoms with Crippen LogP contribution in [0.5, 0.6) is 0 Å². The first-order chi connectivity index (χ1) is 4.70. The van der Waals surface area contributed by atoms with Crippen LogP contribution in [0.15, 0.2) is 12.3 Å². The van der Waals surface area contributed by atoms with Gasteiger partial charge >= 0.3 is 0 Å². The molecule has 56 valence electrons. The lowest BCUT2D eigenvalue weighted by molar-refractivity contribution is 0.423. The fraction of sp³-hybridized carbons (Fsp3) is 0.750. The minimum absolute atomic E-state index is 0.420. The fourth-order valence-electron chi connectivity index (χ4n) is 2.30. The van der Waals surface area contributed by atoms with Crippen LogP contribution in [0.1, 0.15) is 6.92 Å². The van der Waals surface area contributed by atoms with Crippen LogP contribution in [0.25, 0.3) is 0 Å². The molecule has 2 heteroatoms. The summed E-state index contributed by atoms with van der Waals surface area (Å²) in [5, 5.41) is 0. The molecule has 1 aliphatic carbocycles. The smallest absolute Gasteiger partial charge is 0.0423 e. The Labute approximate surface area is 61.7 Å². The average molecular weight is 138 g/mol. The van der Waals surface area contributed by atoms with Gasteiger partial charge in [-0.05, 0) is 12.7 Å². The van der Waals surface area contributed by atoms with Crippen LogP contribution in [0.2, 0.25) is 0 Å². The second-order valence-corrected chi connectivity index (χ2v) is 3.63. The molecule has 1 heterocycles. The van der Waals surface area contributed by atoms with Gasteiger partial charge in [0.25, 0.3) is 0 Å². The van der Waals surface area contributed by atoms with Gasteiger partial charge in [0.1, 0.15) is 0 Å². The molecule has 3 atom stereocenters. The maximum atomic E-state index is 5.61. The maximum Gasteiger partial charge on any atom is 0.0423 e. The molecule has 0 amide bonds. The zero-order valence-electron chi connectivity index (χ0n) is 6.54. The summed E-state index contributed by atoms with van der Waals surface area (Å²) in [7, 11) is 2.13. The van der Waals surface area contributed by atoms with E-state index in [1.165, 1.54) is 0 Å². The van der Waals surface area contributed by atoms with E-state index in [4.69, 9.17) is 5.73 Å². The van der Waals surface area contributed by atoms with Crippen molar-refractivity contribution in [3.05, 3.63) is 12.3 Å². The number of nitrogens with zero attached hydrogens (tertiary/aromatic N) is 1. The Morgan fingerprint density at radius 2 is 2.40 bits per heavy atom. The lowest BCUT2D eigenvalue weighted by atomic mass is 10.1. The highest BCUT2D eigenvalue weighted by molar-refractivity contribution is 5.29. The van der Waals surface area contributed by atoms with Gasteiger partial charge in [-0.25, -0.2) is 0 Å². The highest BCUT2D eigenvalue weighted by Gasteiger charge is 2.62. The van der Waals surface area contributed by atoms with Crippen molar-refractivity contribution < 1.29 is 0 Å². The minimum Gasteiger partial charge on any atom is -0.376 e. The van der Waals surface area contributed by atoms with Crippen LogP contribution in [0.4, 0.5) is 0 Å². The van der Waals surface area contributed by atoms with E-state index in [2.05, 4.69) is 31.1 Å². The van der Waals surface area contributed by atoms with Crippen LogP contribution < -0.4 is 5.73 Å². The van der Waals surface area contributed by atoms with Crippen LogP contribution in [0, 0.1) is 11.3 Å². The van der Waals surface area contributed by atoms with Gasteiger partial charge < -0.3 is 10.6 Å². The summed E-state index contributed by atoms with van der Waals surface area (Å²) in [5.41, 5.74) is 6.03. The summed E-state index contributed by atoms with van der Waals surface area (Å²) in [6.45, 7) is 3.12. The van der Waals surface area contributed by atoms with E-state index in [9.17, 15) is 0 Å². The molecule has 0 saturated heterocycles. The first kappa shape index (κ1) is 6.23. The number of hydrogen-bond acceptors (Lipinski definition) is 2. The monoisotopic (exact) mass is 138 g/mol. The Balaban J connectivity index is 2.19. The van der Waals surface area contributed by atoms with Gasteiger partial charge in [-0.2, -0.15) is 0 Å². The van der Waals surface area contributed by atoms with Crippen LogP contribution in [-0.4, -0.2) is 24.5 Å². The van der Waals surface area contributed by atoms with Crippen LogP contribution in [0.3, 0.4) is 0 Å². The standard InChI is InChI=1S/C8H14N2/c1-8-3-4-10(2)7(8)6(8)5-9/h3-4,6-7H,5,9H2,1-2H3. The molecule has 0 radical (unpaired) electrons. The topological polar surface area (TPSA) is 29.3 Å². The zero-order chi connectivity index (χ0) is 7.35. The van der Waals surface area contributed by atoms with Gasteiger partial charge in [-0.3, -0.25) is 0 Å². The molecule has 0 bridgehead atoms. The molecule has 0 spiro atoms. The van der Waals surface area contributed by atoms with E-state index in [0.717, 1.165) is 6.54 Å². The number of nitrogens with two attached hydrogens (primary N) is 1. The molecule has 1 aliphatic heterocycles. The predicted octanol–water partition coefficient (Wildman–Crippen LogP) is 0.409. The van der Waals surface area contributed by atoms with E-state index in [-0.39, 0.29) is 0 Å². The lowest BCUT2D eigenvalue weighted by Crippen LogP contribution is -2.17. The molecular formula is C8H14N2. The second-order valence-electron chi connectivity index (χ2n) is 3.63. The SMILES string of the molecule is CN1C=CC2(C)C(CN)C12. The van der Waals surface area contributed by atoms with Crippen molar-refractivity contribution in [2.24, 2.45) is 17.1 Å². The predicted molar refractivity (Wildman–Crippen MR) is 41.3 cm³/mol. The third-order valence-corrected chi connectivity index (χ3v) is 3.07. The Bertz CT molecular complexity index is 188. The summed E-state index contributed by atoms with van der Waals surface area (Å²) in [6, 6.07) is 0.706. The Hall–Kier alpha value is -0.500. The van der Waals surface area contributed by atoms with Gasteiger partial charge in [0, 0.05) is 24.4 Å². The molecule has 2 rings (SSSR count). The molecule has 2 nitrogen and oxygen atoms in total. The summed E-state index contributed by atoms with van der Waals surface area (Å²) in [5.74, 6) is 0.711. The Morgan fingerprint density at radius 1 is 1.70 bits per heavy atom. The fourth-order valence-corrected chi connectivity index (χ4v) is 2.30. The molecule has 10 heavy (non-hydrogen) atoms. The Morgan fingerprint density at radius 3 is 2.70 bits per heavy atom. The average Bonchev–Trinajstić information content (AvgIpc) is 2.41. The third kappa shape index (κ3) is 0.487. The largest absolute Gasteiger partial charge is 0.376 e. The van der Waals surface area contributed by atoms with Crippen LogP contribution in [-0.2, 0) is 0 Å². The van der Waals surface area contributed by atoms with Crippen molar-refractivity contribution in [1.29, 1.82) is 0 Å². The number of rotatable bonds is 1. The van der Waals surface area contributed by atoms with E-state index in [0.29, 0.717) is 17.4 Å². The molecule has 0 aromatic rings. The maximum absolute atomic E-state index is 5.61. The molecule has 2 aliphatic rings. The van der Waals surface area contributed by atoms with Crippen molar-refractivity contribution in [3.63, 3.8) is 0 Å². The summed E-state index contributed by atoms with van der Waals surface area (Å²) >= 11 is 0. The third-order valence-electron chi connectivity index (χ3n) is 3.07. The van der Waals surface area contributed by atoms with Gasteiger partial charge in [-0.15, -0.1) is 0 Å². The quantitative estimate of drug-likeness (QED) is 0.568. The summed E-state index contributed by atoms with van der Waals surface area (Å²) < 4.78 is 0. The van der Waals surface area contributed by atoms with Gasteiger partial charge in [0.15, 0.2) is 0 Å². The molecule has 1 fully saturated rings. The van der Waals surface area contributed by atoms with Crippen molar-refractivity contribution in [1.82, 2.24) is 4.90 Å². The number of hydrogen-bond donors (Lipinski definition) is 1. The van der Waals surface area contributed by atoms with E-state index in [1.54, 1.807) is 0 Å². The summed E-state index contributed by atoms with van der Waals surface area (Å²) in [4.78, 5) is 2.28. The molecule has 3 unspecified atom stereocenters. The van der Waals surface area contributed by atoms with Crippen molar-refractivity contribution in [2.45, 2.75) is 13.0 Å². The normalized spacial score (nSPS) is 49.7. The van der Waals surface area contributed by atoms with Crippen molar-refractivity contribution in [2.75, 3.05) is 13.6 Å². The molecule has 0 aromatic carbocycles. The highest BCUT2D eigenvalue weighted by atomic mass is 15.2.